The van der Waals surface area contributed by atoms with Crippen LogP contribution in [-0.4, -0.2) is 35.9 Å². The fraction of sp³-hybridized carbons (Fsp3) is 0.500. The van der Waals surface area contributed by atoms with Crippen LogP contribution in [0.3, 0.4) is 0 Å². The van der Waals surface area contributed by atoms with E-state index < -0.39 is 0 Å². The van der Waals surface area contributed by atoms with Crippen LogP contribution in [0.1, 0.15) is 29.6 Å². The summed E-state index contributed by atoms with van der Waals surface area (Å²) in [4.78, 5) is 18.2. The number of anilines is 1. The molecule has 1 fully saturated rings. The van der Waals surface area contributed by atoms with Crippen LogP contribution in [0.5, 0.6) is 0 Å². The summed E-state index contributed by atoms with van der Waals surface area (Å²) in [5.41, 5.74) is 0.535. The van der Waals surface area contributed by atoms with Gasteiger partial charge in [-0.1, -0.05) is 11.6 Å². The normalized spacial score (nSPS) is 15.8. The quantitative estimate of drug-likeness (QED) is 0.880. The van der Waals surface area contributed by atoms with Crippen LogP contribution in [-0.2, 0) is 0 Å². The second-order valence-corrected chi connectivity index (χ2v) is 4.56. The van der Waals surface area contributed by atoms with Gasteiger partial charge in [-0.3, -0.25) is 4.79 Å². The lowest BCUT2D eigenvalue weighted by molar-refractivity contribution is 0.0724. The van der Waals surface area contributed by atoms with Gasteiger partial charge < -0.3 is 10.2 Å². The van der Waals surface area contributed by atoms with E-state index in [1.54, 1.807) is 13.1 Å². The van der Waals surface area contributed by atoms with Crippen LogP contribution in [0.15, 0.2) is 12.3 Å². The van der Waals surface area contributed by atoms with Gasteiger partial charge in [-0.25, -0.2) is 4.98 Å². The average molecular weight is 254 g/mol. The van der Waals surface area contributed by atoms with Crippen molar-refractivity contribution in [1.82, 2.24) is 9.88 Å². The molecule has 17 heavy (non-hydrogen) atoms. The topological polar surface area (TPSA) is 45.2 Å². The van der Waals surface area contributed by atoms with Crippen molar-refractivity contribution in [2.45, 2.75) is 19.3 Å². The molecule has 0 unspecified atom stereocenters. The van der Waals surface area contributed by atoms with Crippen molar-refractivity contribution >= 4 is 23.3 Å². The van der Waals surface area contributed by atoms with Crippen molar-refractivity contribution in [3.8, 4) is 0 Å². The predicted molar refractivity (Wildman–Crippen MR) is 68.5 cm³/mol. The van der Waals surface area contributed by atoms with Crippen LogP contribution in [0, 0.1) is 0 Å². The van der Waals surface area contributed by atoms with Gasteiger partial charge in [0.1, 0.15) is 5.82 Å². The zero-order valence-electron chi connectivity index (χ0n) is 9.87. The molecule has 0 aliphatic carbocycles. The molecular weight excluding hydrogens is 238 g/mol. The first kappa shape index (κ1) is 12.2. The number of nitrogens with zero attached hydrogens (tertiary/aromatic N) is 2. The number of nitrogens with one attached hydrogen (secondary N) is 1. The Morgan fingerprint density at radius 2 is 2.12 bits per heavy atom. The molecule has 0 bridgehead atoms. The lowest BCUT2D eigenvalue weighted by Gasteiger charge is -2.27. The third kappa shape index (κ3) is 2.69. The molecule has 0 saturated carbocycles. The van der Waals surface area contributed by atoms with Gasteiger partial charge in [0.15, 0.2) is 0 Å². The first-order valence-corrected chi connectivity index (χ1v) is 6.22. The zero-order chi connectivity index (χ0) is 12.3. The maximum Gasteiger partial charge on any atom is 0.255 e. The molecule has 0 aromatic carbocycles. The molecule has 1 saturated heterocycles. The monoisotopic (exact) mass is 253 g/mol. The summed E-state index contributed by atoms with van der Waals surface area (Å²) in [5, 5.41) is 3.33. The molecule has 0 atom stereocenters. The number of piperidine rings is 1. The van der Waals surface area contributed by atoms with Crippen molar-refractivity contribution in [3.63, 3.8) is 0 Å². The van der Waals surface area contributed by atoms with E-state index in [1.807, 2.05) is 4.90 Å². The van der Waals surface area contributed by atoms with Crippen LogP contribution >= 0.6 is 11.6 Å². The first-order valence-electron chi connectivity index (χ1n) is 5.85. The number of pyridine rings is 1. The molecule has 4 nitrogen and oxygen atoms in total. The maximum absolute atomic E-state index is 12.3. The number of carbonyl (C=O) groups is 1. The predicted octanol–water partition coefficient (Wildman–Crippen LogP) is 2.40. The molecule has 0 spiro atoms. The number of rotatable bonds is 2. The van der Waals surface area contributed by atoms with Crippen molar-refractivity contribution in [1.29, 1.82) is 0 Å². The van der Waals surface area contributed by atoms with Gasteiger partial charge >= 0.3 is 0 Å². The Balaban J connectivity index is 2.22. The number of amides is 1. The van der Waals surface area contributed by atoms with Crippen molar-refractivity contribution in [2.75, 3.05) is 25.5 Å². The Hall–Kier alpha value is -1.29. The second-order valence-electron chi connectivity index (χ2n) is 4.15. The van der Waals surface area contributed by atoms with E-state index in [-0.39, 0.29) is 5.91 Å². The van der Waals surface area contributed by atoms with Gasteiger partial charge in [-0.15, -0.1) is 0 Å². The number of halogens is 1. The Kier molecular flexibility index (Phi) is 3.84. The highest BCUT2D eigenvalue weighted by atomic mass is 35.5. The number of hydrogen-bond donors (Lipinski definition) is 1. The molecule has 5 heteroatoms. The minimum Gasteiger partial charge on any atom is -0.373 e. The molecule has 1 amide bonds. The summed E-state index contributed by atoms with van der Waals surface area (Å²) in [6.07, 6.45) is 4.88. The van der Waals surface area contributed by atoms with E-state index in [0.717, 1.165) is 25.9 Å². The highest BCUT2D eigenvalue weighted by Crippen LogP contribution is 2.21. The number of carbonyl (C=O) groups excluding carboxylic acids is 1. The molecule has 92 valence electrons. The third-order valence-corrected chi connectivity index (χ3v) is 3.29. The van der Waals surface area contributed by atoms with Crippen molar-refractivity contribution in [3.05, 3.63) is 22.8 Å². The van der Waals surface area contributed by atoms with E-state index in [4.69, 9.17) is 11.6 Å². The van der Waals surface area contributed by atoms with Gasteiger partial charge in [-0.05, 0) is 25.3 Å². The van der Waals surface area contributed by atoms with Gasteiger partial charge in [0, 0.05) is 26.3 Å². The summed E-state index contributed by atoms with van der Waals surface area (Å²) >= 11 is 6.03. The molecule has 0 radical (unpaired) electrons. The van der Waals surface area contributed by atoms with Gasteiger partial charge in [0.25, 0.3) is 5.91 Å². The summed E-state index contributed by atoms with van der Waals surface area (Å²) in [7, 11) is 1.77. The summed E-state index contributed by atoms with van der Waals surface area (Å²) in [5.74, 6) is 0.670. The van der Waals surface area contributed by atoms with Gasteiger partial charge in [0.05, 0.1) is 10.6 Å². The van der Waals surface area contributed by atoms with Crippen LogP contribution in [0.25, 0.3) is 0 Å². The summed E-state index contributed by atoms with van der Waals surface area (Å²) < 4.78 is 0. The number of aromatic nitrogens is 1. The van der Waals surface area contributed by atoms with E-state index >= 15 is 0 Å². The van der Waals surface area contributed by atoms with E-state index in [9.17, 15) is 4.79 Å². The lowest BCUT2D eigenvalue weighted by atomic mass is 10.1. The van der Waals surface area contributed by atoms with Crippen LogP contribution in [0.2, 0.25) is 5.02 Å². The Morgan fingerprint density at radius 1 is 1.41 bits per heavy atom. The SMILES string of the molecule is CNc1cc(C(=O)N2CCCCC2)c(Cl)cn1. The molecular formula is C12H16ClN3O. The maximum atomic E-state index is 12.3. The fourth-order valence-electron chi connectivity index (χ4n) is 2.01. The first-order chi connectivity index (χ1) is 8.22. The Morgan fingerprint density at radius 3 is 2.76 bits per heavy atom. The van der Waals surface area contributed by atoms with Crippen molar-refractivity contribution in [2.24, 2.45) is 0 Å². The van der Waals surface area contributed by atoms with E-state index in [2.05, 4.69) is 10.3 Å². The lowest BCUT2D eigenvalue weighted by Crippen LogP contribution is -2.35. The highest BCUT2D eigenvalue weighted by molar-refractivity contribution is 6.33. The van der Waals surface area contributed by atoms with E-state index in [0.29, 0.717) is 16.4 Å². The van der Waals surface area contributed by atoms with Crippen LogP contribution < -0.4 is 5.32 Å². The smallest absolute Gasteiger partial charge is 0.255 e. The van der Waals surface area contributed by atoms with E-state index in [1.165, 1.54) is 12.6 Å². The Labute approximate surface area is 106 Å². The van der Waals surface area contributed by atoms with Gasteiger partial charge in [-0.2, -0.15) is 0 Å². The fourth-order valence-corrected chi connectivity index (χ4v) is 2.19. The summed E-state index contributed by atoms with van der Waals surface area (Å²) in [6, 6.07) is 1.71. The molecule has 1 aliphatic rings. The van der Waals surface area contributed by atoms with Crippen LogP contribution in [0.4, 0.5) is 5.82 Å². The standard InChI is InChI=1S/C12H16ClN3O/c1-14-11-7-9(10(13)8-15-11)12(17)16-5-3-2-4-6-16/h7-8H,2-6H2,1H3,(H,14,15). The molecule has 1 aliphatic heterocycles. The highest BCUT2D eigenvalue weighted by Gasteiger charge is 2.20. The molecule has 1 aromatic heterocycles. The minimum absolute atomic E-state index is 0.00796. The second kappa shape index (κ2) is 5.36. The number of hydrogen-bond acceptors (Lipinski definition) is 3. The molecule has 2 heterocycles. The number of likely N-dealkylation sites (tertiary alicyclic amines) is 1. The molecule has 1 aromatic rings. The average Bonchev–Trinajstić information content (AvgIpc) is 2.39. The molecule has 1 N–H and O–H groups in total. The zero-order valence-corrected chi connectivity index (χ0v) is 10.6. The summed E-state index contributed by atoms with van der Waals surface area (Å²) in [6.45, 7) is 1.65. The third-order valence-electron chi connectivity index (χ3n) is 2.99. The molecule has 2 rings (SSSR count). The van der Waals surface area contributed by atoms with Gasteiger partial charge in [0.2, 0.25) is 0 Å². The Bertz CT molecular complexity index is 416. The van der Waals surface area contributed by atoms with Crippen molar-refractivity contribution < 1.29 is 4.79 Å². The minimum atomic E-state index is 0.00796. The largest absolute Gasteiger partial charge is 0.373 e.